The Balaban J connectivity index is 4.68. The van der Waals surface area contributed by atoms with E-state index in [-0.39, 0.29) is 0 Å². The van der Waals surface area contributed by atoms with E-state index in [1.54, 1.807) is 0 Å². The van der Waals surface area contributed by atoms with Crippen LogP contribution in [-0.4, -0.2) is 113 Å². The molecular formula is C53H115N4+3. The molecule has 0 aromatic carbocycles. The third-order valence-electron chi connectivity index (χ3n) is 13.5. The highest BCUT2D eigenvalue weighted by atomic mass is 15.4. The van der Waals surface area contributed by atoms with Crippen LogP contribution in [-0.2, 0) is 0 Å². The summed E-state index contributed by atoms with van der Waals surface area (Å²) < 4.78 is 3.51. The van der Waals surface area contributed by atoms with E-state index in [0.29, 0.717) is 0 Å². The summed E-state index contributed by atoms with van der Waals surface area (Å²) in [6.45, 7) is 17.2. The van der Waals surface area contributed by atoms with Gasteiger partial charge in [-0.2, -0.15) is 0 Å². The molecule has 0 aliphatic heterocycles. The lowest BCUT2D eigenvalue weighted by atomic mass is 10.1. The van der Waals surface area contributed by atoms with Gasteiger partial charge in [-0.3, -0.25) is 0 Å². The zero-order valence-corrected chi connectivity index (χ0v) is 41.9. The van der Waals surface area contributed by atoms with Gasteiger partial charge in [0.15, 0.2) is 0 Å². The van der Waals surface area contributed by atoms with E-state index in [0.717, 1.165) is 4.48 Å². The highest BCUT2D eigenvalue weighted by Gasteiger charge is 2.25. The first-order valence-corrected chi connectivity index (χ1v) is 26.7. The molecule has 0 radical (unpaired) electrons. The van der Waals surface area contributed by atoms with Crippen LogP contribution in [0.2, 0.25) is 0 Å². The average Bonchev–Trinajstić information content (AvgIpc) is 3.17. The molecule has 0 aromatic rings. The molecule has 344 valence electrons. The van der Waals surface area contributed by atoms with E-state index >= 15 is 0 Å². The minimum atomic E-state index is 1.15. The predicted octanol–water partition coefficient (Wildman–Crippen LogP) is 15.6. The Bertz CT molecular complexity index is 748. The molecule has 0 bridgehead atoms. The van der Waals surface area contributed by atoms with Crippen molar-refractivity contribution < 1.29 is 13.4 Å². The van der Waals surface area contributed by atoms with Gasteiger partial charge in [0.05, 0.1) is 88.1 Å². The topological polar surface area (TPSA) is 3.24 Å². The van der Waals surface area contributed by atoms with Gasteiger partial charge in [-0.05, 0) is 38.5 Å². The molecule has 0 aliphatic carbocycles. The quantitative estimate of drug-likeness (QED) is 0.0336. The zero-order valence-electron chi connectivity index (χ0n) is 41.9. The largest absolute Gasteiger partial charge is 0.327 e. The van der Waals surface area contributed by atoms with Crippen molar-refractivity contribution in [3.05, 3.63) is 0 Å². The fourth-order valence-corrected chi connectivity index (χ4v) is 9.06. The van der Waals surface area contributed by atoms with E-state index in [2.05, 4.69) is 68.0 Å². The normalized spacial score (nSPS) is 12.7. The van der Waals surface area contributed by atoms with Crippen LogP contribution in [0.15, 0.2) is 0 Å². The maximum Gasteiger partial charge on any atom is 0.135 e. The molecule has 0 aliphatic rings. The maximum absolute atomic E-state index is 2.88. The SMILES string of the molecule is CCCCCCCCCCCCCC[N+](C)(C)CCN(CC[N+](C)(C)CCCCCCCCCCCCCC)C[N+](C)(C)CCCCCCCCCCCCCC. The van der Waals surface area contributed by atoms with Crippen LogP contribution in [0.25, 0.3) is 0 Å². The van der Waals surface area contributed by atoms with Crippen LogP contribution in [0, 0.1) is 0 Å². The molecule has 0 atom stereocenters. The van der Waals surface area contributed by atoms with Crippen LogP contribution in [0.3, 0.4) is 0 Å². The van der Waals surface area contributed by atoms with Crippen molar-refractivity contribution in [2.75, 3.05) is 94.8 Å². The highest BCUT2D eigenvalue weighted by Crippen LogP contribution is 2.17. The van der Waals surface area contributed by atoms with E-state index in [9.17, 15) is 0 Å². The van der Waals surface area contributed by atoms with Gasteiger partial charge in [0.1, 0.15) is 6.67 Å². The monoisotopic (exact) mass is 808 g/mol. The van der Waals surface area contributed by atoms with Gasteiger partial charge >= 0.3 is 0 Å². The van der Waals surface area contributed by atoms with Crippen LogP contribution in [0.1, 0.15) is 252 Å². The van der Waals surface area contributed by atoms with E-state index in [4.69, 9.17) is 0 Å². The number of rotatable bonds is 47. The Labute approximate surface area is 363 Å². The molecule has 0 saturated heterocycles. The molecular weight excluding hydrogens is 693 g/mol. The number of hydrogen-bond donors (Lipinski definition) is 0. The number of quaternary nitrogens is 3. The van der Waals surface area contributed by atoms with Gasteiger partial charge in [0, 0.05) is 0 Å². The number of nitrogens with zero attached hydrogens (tertiary/aromatic N) is 4. The molecule has 0 saturated carbocycles. The second-order valence-electron chi connectivity index (χ2n) is 21.4. The molecule has 0 aromatic heterocycles. The molecule has 0 spiro atoms. The van der Waals surface area contributed by atoms with Crippen molar-refractivity contribution in [2.24, 2.45) is 0 Å². The summed E-state index contributed by atoms with van der Waals surface area (Å²) >= 11 is 0. The second kappa shape index (κ2) is 39.9. The third-order valence-corrected chi connectivity index (χ3v) is 13.5. The summed E-state index contributed by atoms with van der Waals surface area (Å²) in [5, 5.41) is 0. The van der Waals surface area contributed by atoms with E-state index < -0.39 is 0 Å². The van der Waals surface area contributed by atoms with Gasteiger partial charge in [0.2, 0.25) is 0 Å². The van der Waals surface area contributed by atoms with Crippen molar-refractivity contribution in [3.8, 4) is 0 Å². The van der Waals surface area contributed by atoms with Crippen molar-refractivity contribution in [1.82, 2.24) is 4.90 Å². The van der Waals surface area contributed by atoms with Crippen molar-refractivity contribution >= 4 is 0 Å². The Hall–Kier alpha value is -0.160. The molecule has 0 rings (SSSR count). The van der Waals surface area contributed by atoms with Crippen molar-refractivity contribution in [1.29, 1.82) is 0 Å². The van der Waals surface area contributed by atoms with Gasteiger partial charge in [-0.1, -0.05) is 213 Å². The number of unbranched alkanes of at least 4 members (excludes halogenated alkanes) is 33. The van der Waals surface area contributed by atoms with Crippen molar-refractivity contribution in [3.63, 3.8) is 0 Å². The molecule has 0 heterocycles. The smallest absolute Gasteiger partial charge is 0.135 e. The molecule has 0 unspecified atom stereocenters. The summed E-state index contributed by atoms with van der Waals surface area (Å²) in [7, 11) is 15.1. The molecule has 0 fully saturated rings. The van der Waals surface area contributed by atoms with Gasteiger partial charge < -0.3 is 13.4 Å². The minimum absolute atomic E-state index is 1.15. The lowest BCUT2D eigenvalue weighted by molar-refractivity contribution is -0.909. The molecule has 4 heteroatoms. The third kappa shape index (κ3) is 42.3. The first-order chi connectivity index (χ1) is 27.5. The summed E-state index contributed by atoms with van der Waals surface area (Å²) in [6, 6.07) is 0. The number of hydrogen-bond acceptors (Lipinski definition) is 1. The first kappa shape index (κ1) is 56.8. The Morgan fingerprint density at radius 1 is 0.228 bits per heavy atom. The van der Waals surface area contributed by atoms with Crippen LogP contribution in [0.4, 0.5) is 0 Å². The minimum Gasteiger partial charge on any atom is -0.327 e. The van der Waals surface area contributed by atoms with Gasteiger partial charge in [-0.15, -0.1) is 0 Å². The highest BCUT2D eigenvalue weighted by molar-refractivity contribution is 4.57. The molecule has 4 nitrogen and oxygen atoms in total. The van der Waals surface area contributed by atoms with Crippen LogP contribution in [0.5, 0.6) is 0 Å². The fraction of sp³-hybridized carbons (Fsp3) is 1.00. The second-order valence-corrected chi connectivity index (χ2v) is 21.4. The lowest BCUT2D eigenvalue weighted by Gasteiger charge is -2.39. The standard InChI is InChI=1S/C53H115N4/c1-10-13-16-19-22-25-28-31-34-37-40-43-48-55(4,5)51-46-54(53-57(8,9)50-45-42-39-36-33-30-27-24-21-18-15-12-3)47-52-56(6,7)49-44-41-38-35-32-29-26-23-20-17-14-11-2/h10-53H2,1-9H3/q+3. The number of likely N-dealkylation sites (N-methyl/N-ethyl adjacent to an activating group) is 2. The molecule has 0 amide bonds. The van der Waals surface area contributed by atoms with Gasteiger partial charge in [-0.25, -0.2) is 4.90 Å². The van der Waals surface area contributed by atoms with E-state index in [1.165, 1.54) is 293 Å². The van der Waals surface area contributed by atoms with Gasteiger partial charge in [0.25, 0.3) is 0 Å². The summed E-state index contributed by atoms with van der Waals surface area (Å²) in [6.07, 6.45) is 51.8. The summed E-state index contributed by atoms with van der Waals surface area (Å²) in [5.41, 5.74) is 0. The maximum atomic E-state index is 2.88. The predicted molar refractivity (Wildman–Crippen MR) is 260 cm³/mol. The average molecular weight is 809 g/mol. The van der Waals surface area contributed by atoms with Crippen LogP contribution >= 0.6 is 0 Å². The molecule has 57 heavy (non-hydrogen) atoms. The van der Waals surface area contributed by atoms with Crippen LogP contribution < -0.4 is 0 Å². The zero-order chi connectivity index (χ0) is 42.2. The van der Waals surface area contributed by atoms with Crippen molar-refractivity contribution in [2.45, 2.75) is 252 Å². The Morgan fingerprint density at radius 3 is 0.649 bits per heavy atom. The Kier molecular flexibility index (Phi) is 39.8. The first-order valence-electron chi connectivity index (χ1n) is 26.7. The fourth-order valence-electron chi connectivity index (χ4n) is 9.06. The lowest BCUT2D eigenvalue weighted by Crippen LogP contribution is -2.55. The molecule has 0 N–H and O–H groups in total. The summed E-state index contributed by atoms with van der Waals surface area (Å²) in [5.74, 6) is 0. The Morgan fingerprint density at radius 2 is 0.421 bits per heavy atom. The van der Waals surface area contributed by atoms with E-state index in [1.807, 2.05) is 0 Å². The summed E-state index contributed by atoms with van der Waals surface area (Å²) in [4.78, 5) is 2.88.